The molecule has 0 unspecified atom stereocenters. The average Bonchev–Trinajstić information content (AvgIpc) is 2.36. The highest BCUT2D eigenvalue weighted by molar-refractivity contribution is 7.98. The first-order chi connectivity index (χ1) is 9.35. The number of amides is 2. The van der Waals surface area contributed by atoms with Gasteiger partial charge in [-0.2, -0.15) is 0 Å². The Morgan fingerprint density at radius 2 is 2.10 bits per heavy atom. The summed E-state index contributed by atoms with van der Waals surface area (Å²) in [7, 11) is 0. The molecule has 1 aromatic rings. The van der Waals surface area contributed by atoms with Crippen molar-refractivity contribution in [1.29, 1.82) is 0 Å². The molecule has 0 aliphatic rings. The third kappa shape index (κ3) is 4.35. The zero-order valence-electron chi connectivity index (χ0n) is 10.4. The molecule has 1 rings (SSSR count). The van der Waals surface area contributed by atoms with E-state index in [1.807, 2.05) is 0 Å². The molecule has 20 heavy (non-hydrogen) atoms. The molecule has 0 saturated carbocycles. The zero-order valence-corrected chi connectivity index (χ0v) is 11.9. The lowest BCUT2D eigenvalue weighted by atomic mass is 10.3. The number of primary amides is 1. The molecule has 0 spiro atoms. The van der Waals surface area contributed by atoms with Crippen molar-refractivity contribution < 1.29 is 19.5 Å². The van der Waals surface area contributed by atoms with Crippen molar-refractivity contribution in [3.05, 3.63) is 16.9 Å². The number of rotatable bonds is 6. The number of aromatic nitrogens is 2. The molecular formula is C10H11ClN4O4S. The molecule has 0 radical (unpaired) electrons. The van der Waals surface area contributed by atoms with Crippen LogP contribution in [0, 0.1) is 0 Å². The van der Waals surface area contributed by atoms with E-state index in [0.717, 1.165) is 4.90 Å². The minimum Gasteiger partial charge on any atom is -0.480 e. The molecule has 0 fully saturated rings. The van der Waals surface area contributed by atoms with Gasteiger partial charge in [0.1, 0.15) is 13.1 Å². The Morgan fingerprint density at radius 3 is 2.60 bits per heavy atom. The molecule has 0 aliphatic carbocycles. The van der Waals surface area contributed by atoms with Gasteiger partial charge in [-0.3, -0.25) is 14.4 Å². The summed E-state index contributed by atoms with van der Waals surface area (Å²) in [5.41, 5.74) is 4.81. The van der Waals surface area contributed by atoms with Crippen molar-refractivity contribution in [2.24, 2.45) is 5.73 Å². The first-order valence-corrected chi connectivity index (χ1v) is 6.81. The molecule has 8 nitrogen and oxygen atoms in total. The predicted octanol–water partition coefficient (Wildman–Crippen LogP) is -0.136. The highest BCUT2D eigenvalue weighted by atomic mass is 35.5. The molecule has 1 aromatic heterocycles. The highest BCUT2D eigenvalue weighted by Crippen LogP contribution is 2.18. The molecule has 2 amide bonds. The van der Waals surface area contributed by atoms with E-state index < -0.39 is 30.9 Å². The van der Waals surface area contributed by atoms with Gasteiger partial charge in [-0.05, 0) is 6.26 Å². The third-order valence-electron chi connectivity index (χ3n) is 2.07. The van der Waals surface area contributed by atoms with Crippen LogP contribution in [0.15, 0.2) is 11.4 Å². The summed E-state index contributed by atoms with van der Waals surface area (Å²) in [6, 6.07) is 0. The van der Waals surface area contributed by atoms with Crippen molar-refractivity contribution in [2.75, 3.05) is 19.3 Å². The van der Waals surface area contributed by atoms with Crippen LogP contribution in [0.4, 0.5) is 0 Å². The van der Waals surface area contributed by atoms with Crippen LogP contribution in [0.25, 0.3) is 0 Å². The van der Waals surface area contributed by atoms with Crippen LogP contribution in [-0.2, 0) is 9.59 Å². The second-order valence-corrected chi connectivity index (χ2v) is 4.76. The van der Waals surface area contributed by atoms with E-state index in [1.165, 1.54) is 18.0 Å². The summed E-state index contributed by atoms with van der Waals surface area (Å²) >= 11 is 7.01. The fourth-order valence-corrected chi connectivity index (χ4v) is 1.81. The maximum Gasteiger partial charge on any atom is 0.323 e. The Labute approximate surface area is 123 Å². The summed E-state index contributed by atoms with van der Waals surface area (Å²) in [6.07, 6.45) is 2.94. The summed E-state index contributed by atoms with van der Waals surface area (Å²) in [4.78, 5) is 42.3. The molecule has 10 heteroatoms. The number of carboxylic acid groups (broad SMARTS) is 1. The average molecular weight is 319 g/mol. The van der Waals surface area contributed by atoms with Gasteiger partial charge in [-0.1, -0.05) is 23.4 Å². The number of carbonyl (C=O) groups is 3. The normalized spacial score (nSPS) is 10.1. The lowest BCUT2D eigenvalue weighted by Crippen LogP contribution is -2.42. The van der Waals surface area contributed by atoms with Gasteiger partial charge >= 0.3 is 5.97 Å². The van der Waals surface area contributed by atoms with Gasteiger partial charge in [0, 0.05) is 0 Å². The number of halogens is 1. The summed E-state index contributed by atoms with van der Waals surface area (Å²) in [5.74, 6) is -2.92. The van der Waals surface area contributed by atoms with Crippen LogP contribution in [-0.4, -0.2) is 57.1 Å². The van der Waals surface area contributed by atoms with Crippen LogP contribution in [0.3, 0.4) is 0 Å². The Balaban J connectivity index is 3.10. The molecular weight excluding hydrogens is 308 g/mol. The van der Waals surface area contributed by atoms with E-state index in [2.05, 4.69) is 9.97 Å². The SMILES string of the molecule is CSc1ncc(Cl)c(C(=O)N(CC(N)=O)CC(=O)O)n1. The van der Waals surface area contributed by atoms with Crippen LogP contribution < -0.4 is 5.73 Å². The summed E-state index contributed by atoms with van der Waals surface area (Å²) in [5, 5.41) is 9.01. The minimum absolute atomic E-state index is 0.0346. The lowest BCUT2D eigenvalue weighted by molar-refractivity contribution is -0.138. The number of aliphatic carboxylic acids is 1. The van der Waals surface area contributed by atoms with Gasteiger partial charge < -0.3 is 15.7 Å². The Kier molecular flexibility index (Phi) is 5.71. The fourth-order valence-electron chi connectivity index (χ4n) is 1.30. The van der Waals surface area contributed by atoms with Crippen LogP contribution in [0.1, 0.15) is 10.5 Å². The van der Waals surface area contributed by atoms with E-state index in [-0.39, 0.29) is 10.7 Å². The number of nitrogens with zero attached hydrogens (tertiary/aromatic N) is 3. The van der Waals surface area contributed by atoms with E-state index in [1.54, 1.807) is 6.26 Å². The van der Waals surface area contributed by atoms with Crippen molar-refractivity contribution in [2.45, 2.75) is 5.16 Å². The quantitative estimate of drug-likeness (QED) is 0.552. The van der Waals surface area contributed by atoms with E-state index in [9.17, 15) is 14.4 Å². The first kappa shape index (κ1) is 16.2. The van der Waals surface area contributed by atoms with Crippen LogP contribution in [0.2, 0.25) is 5.02 Å². The Bertz CT molecular complexity index is 538. The number of nitrogens with two attached hydrogens (primary N) is 1. The van der Waals surface area contributed by atoms with E-state index >= 15 is 0 Å². The lowest BCUT2D eigenvalue weighted by Gasteiger charge is -2.18. The topological polar surface area (TPSA) is 126 Å². The van der Waals surface area contributed by atoms with E-state index in [0.29, 0.717) is 5.16 Å². The van der Waals surface area contributed by atoms with Gasteiger partial charge in [-0.25, -0.2) is 9.97 Å². The molecule has 3 N–H and O–H groups in total. The molecule has 108 valence electrons. The fraction of sp³-hybridized carbons (Fsp3) is 0.300. The second-order valence-electron chi connectivity index (χ2n) is 3.57. The van der Waals surface area contributed by atoms with Crippen molar-refractivity contribution in [3.63, 3.8) is 0 Å². The maximum atomic E-state index is 12.2. The van der Waals surface area contributed by atoms with Crippen LogP contribution >= 0.6 is 23.4 Å². The predicted molar refractivity (Wildman–Crippen MR) is 71.6 cm³/mol. The number of carboxylic acids is 1. The highest BCUT2D eigenvalue weighted by Gasteiger charge is 2.24. The third-order valence-corrected chi connectivity index (χ3v) is 2.91. The zero-order chi connectivity index (χ0) is 15.3. The van der Waals surface area contributed by atoms with E-state index in [4.69, 9.17) is 22.4 Å². The van der Waals surface area contributed by atoms with Crippen molar-refractivity contribution in [1.82, 2.24) is 14.9 Å². The van der Waals surface area contributed by atoms with Gasteiger partial charge in [-0.15, -0.1) is 0 Å². The van der Waals surface area contributed by atoms with Gasteiger partial charge in [0.05, 0.1) is 11.2 Å². The van der Waals surface area contributed by atoms with Gasteiger partial charge in [0.25, 0.3) is 5.91 Å². The summed E-state index contributed by atoms with van der Waals surface area (Å²) in [6.45, 7) is -1.23. The molecule has 1 heterocycles. The Morgan fingerprint density at radius 1 is 1.45 bits per heavy atom. The molecule has 0 saturated heterocycles. The number of thioether (sulfide) groups is 1. The minimum atomic E-state index is -1.28. The van der Waals surface area contributed by atoms with Gasteiger partial charge in [0.15, 0.2) is 10.9 Å². The van der Waals surface area contributed by atoms with Crippen molar-refractivity contribution in [3.8, 4) is 0 Å². The first-order valence-electron chi connectivity index (χ1n) is 5.21. The molecule has 0 atom stereocenters. The second kappa shape index (κ2) is 7.06. The monoisotopic (exact) mass is 318 g/mol. The molecule has 0 aromatic carbocycles. The number of carbonyl (C=O) groups excluding carboxylic acids is 2. The van der Waals surface area contributed by atoms with Crippen molar-refractivity contribution >= 4 is 41.1 Å². The summed E-state index contributed by atoms with van der Waals surface area (Å²) < 4.78 is 0. The van der Waals surface area contributed by atoms with Crippen LogP contribution in [0.5, 0.6) is 0 Å². The standard InChI is InChI=1S/C10H11ClN4O4S/c1-20-10-13-2-5(11)8(14-10)9(19)15(3-6(12)16)4-7(17)18/h2H,3-4H2,1H3,(H2,12,16)(H,17,18). The molecule has 0 bridgehead atoms. The smallest absolute Gasteiger partial charge is 0.323 e. The molecule has 0 aliphatic heterocycles. The number of hydrogen-bond acceptors (Lipinski definition) is 6. The maximum absolute atomic E-state index is 12.2. The largest absolute Gasteiger partial charge is 0.480 e. The van der Waals surface area contributed by atoms with Gasteiger partial charge in [0.2, 0.25) is 5.91 Å². The number of hydrogen-bond donors (Lipinski definition) is 2. The Hall–Kier alpha value is -1.87.